The van der Waals surface area contributed by atoms with Gasteiger partial charge in [-0.1, -0.05) is 25.4 Å². The molecule has 16 heavy (non-hydrogen) atoms. The van der Waals surface area contributed by atoms with Gasteiger partial charge in [-0.3, -0.25) is 0 Å². The summed E-state index contributed by atoms with van der Waals surface area (Å²) in [5.74, 6) is 1.80. The third-order valence-electron chi connectivity index (χ3n) is 2.60. The molecule has 0 amide bonds. The number of halogens is 1. The van der Waals surface area contributed by atoms with E-state index in [0.717, 1.165) is 6.42 Å². The molecule has 0 aliphatic rings. The molecule has 0 fully saturated rings. The van der Waals surface area contributed by atoms with Crippen LogP contribution in [-0.4, -0.2) is 22.1 Å². The molecule has 0 aliphatic heterocycles. The van der Waals surface area contributed by atoms with E-state index in [1.165, 1.54) is 6.42 Å². The summed E-state index contributed by atoms with van der Waals surface area (Å²) >= 11 is 5.59. The lowest BCUT2D eigenvalue weighted by molar-refractivity contribution is 0.464. The Hall–Kier alpha value is -0.770. The molecule has 0 saturated heterocycles. The zero-order valence-electron chi connectivity index (χ0n) is 10.2. The second kappa shape index (κ2) is 6.74. The van der Waals surface area contributed by atoms with Gasteiger partial charge in [-0.15, -0.1) is 16.7 Å². The third kappa shape index (κ3) is 4.39. The molecule has 0 aromatic carbocycles. The molecule has 0 saturated carbocycles. The van der Waals surface area contributed by atoms with Crippen molar-refractivity contribution in [2.45, 2.75) is 46.1 Å². The lowest BCUT2D eigenvalue weighted by Gasteiger charge is -2.15. The van der Waals surface area contributed by atoms with E-state index in [-0.39, 0.29) is 0 Å². The first kappa shape index (κ1) is 13.3. The first-order valence-electron chi connectivity index (χ1n) is 5.80. The molecular formula is C11H20ClN3O. The fourth-order valence-corrected chi connectivity index (χ4v) is 1.70. The van der Waals surface area contributed by atoms with Gasteiger partial charge >= 0.3 is 6.01 Å². The monoisotopic (exact) mass is 245 g/mol. The normalized spacial score (nSPS) is 14.8. The van der Waals surface area contributed by atoms with Crippen LogP contribution in [0.1, 0.15) is 39.5 Å². The highest BCUT2D eigenvalue weighted by molar-refractivity contribution is 6.17. The molecule has 1 aromatic rings. The van der Waals surface area contributed by atoms with E-state index in [1.807, 2.05) is 0 Å². The van der Waals surface area contributed by atoms with Crippen molar-refractivity contribution in [1.29, 1.82) is 0 Å². The van der Waals surface area contributed by atoms with Crippen LogP contribution in [0.25, 0.3) is 0 Å². The number of anilines is 1. The van der Waals surface area contributed by atoms with Gasteiger partial charge in [0, 0.05) is 18.3 Å². The van der Waals surface area contributed by atoms with Crippen LogP contribution < -0.4 is 5.32 Å². The molecule has 92 valence electrons. The van der Waals surface area contributed by atoms with Gasteiger partial charge in [0.1, 0.15) is 0 Å². The summed E-state index contributed by atoms with van der Waals surface area (Å²) in [4.78, 5) is 0. The van der Waals surface area contributed by atoms with E-state index in [9.17, 15) is 0 Å². The Morgan fingerprint density at radius 3 is 2.75 bits per heavy atom. The Morgan fingerprint density at radius 1 is 1.38 bits per heavy atom. The second-order valence-corrected chi connectivity index (χ2v) is 4.61. The highest BCUT2D eigenvalue weighted by Gasteiger charge is 2.11. The van der Waals surface area contributed by atoms with Crippen molar-refractivity contribution in [3.8, 4) is 0 Å². The largest absolute Gasteiger partial charge is 0.408 e. The molecule has 1 heterocycles. The smallest absolute Gasteiger partial charge is 0.315 e. The van der Waals surface area contributed by atoms with Crippen molar-refractivity contribution in [3.05, 3.63) is 5.89 Å². The molecule has 1 rings (SSSR count). The van der Waals surface area contributed by atoms with Crippen LogP contribution in [0.2, 0.25) is 0 Å². The van der Waals surface area contributed by atoms with E-state index in [1.54, 1.807) is 0 Å². The molecule has 2 unspecified atom stereocenters. The number of rotatable bonds is 7. The maximum Gasteiger partial charge on any atom is 0.315 e. The van der Waals surface area contributed by atoms with Crippen LogP contribution >= 0.6 is 11.6 Å². The van der Waals surface area contributed by atoms with Gasteiger partial charge in [0.15, 0.2) is 0 Å². The number of nitrogens with one attached hydrogen (secondary N) is 1. The molecule has 0 bridgehead atoms. The van der Waals surface area contributed by atoms with E-state index in [4.69, 9.17) is 16.0 Å². The number of alkyl halides is 1. The molecule has 0 radical (unpaired) electrons. The van der Waals surface area contributed by atoms with Gasteiger partial charge in [0.2, 0.25) is 5.89 Å². The Labute approximate surface area is 102 Å². The fourth-order valence-electron chi connectivity index (χ4n) is 1.53. The standard InChI is InChI=1S/C11H20ClN3O/c1-4-8(2)7-9(3)13-11-15-14-10(16-11)5-6-12/h8-9H,4-7H2,1-3H3,(H,13,15). The lowest BCUT2D eigenvalue weighted by atomic mass is 10.0. The van der Waals surface area contributed by atoms with Gasteiger partial charge < -0.3 is 9.73 Å². The Kier molecular flexibility index (Phi) is 5.60. The van der Waals surface area contributed by atoms with Crippen LogP contribution in [0.15, 0.2) is 4.42 Å². The molecule has 2 atom stereocenters. The summed E-state index contributed by atoms with van der Waals surface area (Å²) in [6.07, 6.45) is 2.91. The average Bonchev–Trinajstić information content (AvgIpc) is 2.65. The van der Waals surface area contributed by atoms with Crippen molar-refractivity contribution in [2.24, 2.45) is 5.92 Å². The molecule has 0 spiro atoms. The summed E-state index contributed by atoms with van der Waals surface area (Å²) in [5.41, 5.74) is 0. The second-order valence-electron chi connectivity index (χ2n) is 4.23. The predicted molar refractivity (Wildman–Crippen MR) is 65.9 cm³/mol. The minimum atomic E-state index is 0.347. The molecule has 1 aromatic heterocycles. The predicted octanol–water partition coefficient (Wildman–Crippen LogP) is 3.09. The molecule has 4 nitrogen and oxygen atoms in total. The number of aromatic nitrogens is 2. The highest BCUT2D eigenvalue weighted by atomic mass is 35.5. The summed E-state index contributed by atoms with van der Waals surface area (Å²) in [6, 6.07) is 0.843. The van der Waals surface area contributed by atoms with E-state index >= 15 is 0 Å². The SMILES string of the molecule is CCC(C)CC(C)Nc1nnc(CCCl)o1. The number of nitrogens with zero attached hydrogens (tertiary/aromatic N) is 2. The van der Waals surface area contributed by atoms with E-state index in [0.29, 0.717) is 36.2 Å². The Bertz CT molecular complexity index is 303. The zero-order chi connectivity index (χ0) is 12.0. The topological polar surface area (TPSA) is 51.0 Å². The van der Waals surface area contributed by atoms with Gasteiger partial charge in [-0.2, -0.15) is 0 Å². The van der Waals surface area contributed by atoms with Gasteiger partial charge in [-0.25, -0.2) is 0 Å². The number of aryl methyl sites for hydroxylation is 1. The maximum absolute atomic E-state index is 5.59. The third-order valence-corrected chi connectivity index (χ3v) is 2.79. The van der Waals surface area contributed by atoms with Crippen LogP contribution in [0.3, 0.4) is 0 Å². The highest BCUT2D eigenvalue weighted by Crippen LogP contribution is 2.14. The van der Waals surface area contributed by atoms with Crippen LogP contribution in [0.4, 0.5) is 6.01 Å². The molecule has 1 N–H and O–H groups in total. The Balaban J connectivity index is 2.40. The van der Waals surface area contributed by atoms with Crippen molar-refractivity contribution in [3.63, 3.8) is 0 Å². The molecular weight excluding hydrogens is 226 g/mol. The van der Waals surface area contributed by atoms with Crippen LogP contribution in [0.5, 0.6) is 0 Å². The zero-order valence-corrected chi connectivity index (χ0v) is 10.9. The van der Waals surface area contributed by atoms with Crippen molar-refractivity contribution in [1.82, 2.24) is 10.2 Å². The van der Waals surface area contributed by atoms with E-state index < -0.39 is 0 Å². The van der Waals surface area contributed by atoms with Crippen molar-refractivity contribution < 1.29 is 4.42 Å². The van der Waals surface area contributed by atoms with Crippen LogP contribution in [-0.2, 0) is 6.42 Å². The molecule has 5 heteroatoms. The minimum absolute atomic E-state index is 0.347. The summed E-state index contributed by atoms with van der Waals surface area (Å²) in [5, 5.41) is 11.0. The first-order chi connectivity index (χ1) is 7.65. The average molecular weight is 246 g/mol. The van der Waals surface area contributed by atoms with Gasteiger partial charge in [0.05, 0.1) is 0 Å². The van der Waals surface area contributed by atoms with Crippen LogP contribution in [0, 0.1) is 5.92 Å². The Morgan fingerprint density at radius 2 is 2.12 bits per heavy atom. The number of hydrogen-bond acceptors (Lipinski definition) is 4. The summed E-state index contributed by atoms with van der Waals surface area (Å²) in [6.45, 7) is 6.56. The lowest BCUT2D eigenvalue weighted by Crippen LogP contribution is -2.18. The van der Waals surface area contributed by atoms with E-state index in [2.05, 4.69) is 36.3 Å². The van der Waals surface area contributed by atoms with Gasteiger partial charge in [0.25, 0.3) is 0 Å². The summed E-state index contributed by atoms with van der Waals surface area (Å²) < 4.78 is 5.39. The van der Waals surface area contributed by atoms with Crippen molar-refractivity contribution >= 4 is 17.6 Å². The first-order valence-corrected chi connectivity index (χ1v) is 6.34. The fraction of sp³-hybridized carbons (Fsp3) is 0.818. The number of hydrogen-bond donors (Lipinski definition) is 1. The van der Waals surface area contributed by atoms with Gasteiger partial charge in [-0.05, 0) is 19.3 Å². The maximum atomic E-state index is 5.59. The molecule has 0 aliphatic carbocycles. The summed E-state index contributed by atoms with van der Waals surface area (Å²) in [7, 11) is 0. The van der Waals surface area contributed by atoms with Crippen molar-refractivity contribution in [2.75, 3.05) is 11.2 Å². The minimum Gasteiger partial charge on any atom is -0.408 e. The quantitative estimate of drug-likeness (QED) is 0.750.